The minimum Gasteiger partial charge on any atom is -0.434 e. The zero-order chi connectivity index (χ0) is 6.91. The average molecular weight is 134 g/mol. The van der Waals surface area contributed by atoms with E-state index in [4.69, 9.17) is 10.2 Å². The normalized spacial score (nSPS) is 24.4. The Morgan fingerprint density at radius 1 is 1.56 bits per heavy atom. The van der Waals surface area contributed by atoms with Crippen molar-refractivity contribution in [2.24, 2.45) is 0 Å². The summed E-state index contributed by atoms with van der Waals surface area (Å²) in [6.07, 6.45) is -1.16. The number of hydrogen-bond donors (Lipinski definition) is 2. The molecule has 0 amide bonds. The second kappa shape index (κ2) is 1.85. The molecular weight excluding hydrogens is 128 g/mol. The second-order valence-electron chi connectivity index (χ2n) is 1.69. The topological polar surface area (TPSA) is 76.0 Å². The fraction of sp³-hybridized carbons (Fsp3) is 0.750. The fourth-order valence-electron chi connectivity index (χ4n) is 0.481. The van der Waals surface area contributed by atoms with Crippen LogP contribution in [-0.4, -0.2) is 28.9 Å². The molecule has 1 fully saturated rings. The molecule has 0 saturated carbocycles. The van der Waals surface area contributed by atoms with E-state index < -0.39 is 12.1 Å². The molecule has 5 heteroatoms. The van der Waals surface area contributed by atoms with Crippen LogP contribution >= 0.6 is 0 Å². The van der Waals surface area contributed by atoms with E-state index in [1.54, 1.807) is 0 Å². The van der Waals surface area contributed by atoms with Gasteiger partial charge in [-0.05, 0) is 0 Å². The Labute approximate surface area is 50.8 Å². The van der Waals surface area contributed by atoms with Crippen LogP contribution in [0.2, 0.25) is 0 Å². The lowest BCUT2D eigenvalue weighted by Crippen LogP contribution is -2.40. The highest BCUT2D eigenvalue weighted by Crippen LogP contribution is 2.14. The van der Waals surface area contributed by atoms with Gasteiger partial charge in [0, 0.05) is 0 Å². The molecule has 0 radical (unpaired) electrons. The SMILES string of the molecule is O=C1OCCC(O)(O)O1. The van der Waals surface area contributed by atoms with Gasteiger partial charge >= 0.3 is 12.1 Å². The zero-order valence-corrected chi connectivity index (χ0v) is 4.53. The van der Waals surface area contributed by atoms with E-state index in [9.17, 15) is 4.79 Å². The standard InChI is InChI=1S/C4H6O5/c5-3-8-2-1-4(6,7)9-3/h6-7H,1-2H2. The van der Waals surface area contributed by atoms with Gasteiger partial charge in [0.2, 0.25) is 0 Å². The molecule has 1 aliphatic heterocycles. The van der Waals surface area contributed by atoms with E-state index in [1.807, 2.05) is 0 Å². The number of cyclic esters (lactones) is 2. The Hall–Kier alpha value is -0.810. The van der Waals surface area contributed by atoms with Gasteiger partial charge in [-0.2, -0.15) is 0 Å². The molecule has 1 heterocycles. The highest BCUT2D eigenvalue weighted by molar-refractivity contribution is 5.60. The number of carbonyl (C=O) groups excluding carboxylic acids is 1. The maximum Gasteiger partial charge on any atom is 0.512 e. The third-order valence-corrected chi connectivity index (χ3v) is 0.894. The molecule has 2 N–H and O–H groups in total. The van der Waals surface area contributed by atoms with Crippen molar-refractivity contribution in [3.63, 3.8) is 0 Å². The molecule has 1 saturated heterocycles. The van der Waals surface area contributed by atoms with Gasteiger partial charge in [0.25, 0.3) is 0 Å². The number of ether oxygens (including phenoxy) is 2. The van der Waals surface area contributed by atoms with Gasteiger partial charge < -0.3 is 19.7 Å². The maximum absolute atomic E-state index is 10.1. The van der Waals surface area contributed by atoms with E-state index in [-0.39, 0.29) is 13.0 Å². The van der Waals surface area contributed by atoms with Gasteiger partial charge in [-0.1, -0.05) is 0 Å². The minimum atomic E-state index is -2.32. The first-order valence-electron chi connectivity index (χ1n) is 2.41. The molecule has 52 valence electrons. The highest BCUT2D eigenvalue weighted by atomic mass is 16.8. The maximum atomic E-state index is 10.1. The summed E-state index contributed by atoms with van der Waals surface area (Å²) in [6.45, 7) is -0.0220. The van der Waals surface area contributed by atoms with Crippen molar-refractivity contribution in [3.8, 4) is 0 Å². The third-order valence-electron chi connectivity index (χ3n) is 0.894. The largest absolute Gasteiger partial charge is 0.512 e. The summed E-state index contributed by atoms with van der Waals surface area (Å²) in [5.74, 6) is -2.32. The van der Waals surface area contributed by atoms with Gasteiger partial charge in [0.15, 0.2) is 0 Å². The first-order valence-corrected chi connectivity index (χ1v) is 2.41. The van der Waals surface area contributed by atoms with Crippen LogP contribution in [-0.2, 0) is 9.47 Å². The van der Waals surface area contributed by atoms with Crippen molar-refractivity contribution in [1.82, 2.24) is 0 Å². The predicted octanol–water partition coefficient (Wildman–Crippen LogP) is -0.818. The number of carbonyl (C=O) groups is 1. The molecule has 1 aliphatic rings. The Morgan fingerprint density at radius 2 is 2.22 bits per heavy atom. The summed E-state index contributed by atoms with van der Waals surface area (Å²) in [7, 11) is 0. The van der Waals surface area contributed by atoms with E-state index in [2.05, 4.69) is 9.47 Å². The molecule has 0 aromatic rings. The lowest BCUT2D eigenvalue weighted by Gasteiger charge is -2.24. The molecule has 5 nitrogen and oxygen atoms in total. The molecule has 9 heavy (non-hydrogen) atoms. The molecule has 0 aliphatic carbocycles. The van der Waals surface area contributed by atoms with Crippen LogP contribution in [0.25, 0.3) is 0 Å². The first kappa shape index (κ1) is 6.31. The van der Waals surface area contributed by atoms with Crippen molar-refractivity contribution in [2.75, 3.05) is 6.61 Å². The van der Waals surface area contributed by atoms with Crippen LogP contribution in [0.1, 0.15) is 6.42 Å². The monoisotopic (exact) mass is 134 g/mol. The zero-order valence-electron chi connectivity index (χ0n) is 4.53. The van der Waals surface area contributed by atoms with Crippen molar-refractivity contribution < 1.29 is 24.5 Å². The summed E-state index contributed by atoms with van der Waals surface area (Å²) in [5, 5.41) is 17.2. The van der Waals surface area contributed by atoms with Gasteiger partial charge in [0.1, 0.15) is 6.61 Å². The Bertz CT molecular complexity index is 129. The molecule has 0 bridgehead atoms. The van der Waals surface area contributed by atoms with Gasteiger partial charge in [-0.15, -0.1) is 0 Å². The van der Waals surface area contributed by atoms with E-state index >= 15 is 0 Å². The first-order chi connectivity index (χ1) is 4.10. The van der Waals surface area contributed by atoms with Crippen molar-refractivity contribution in [3.05, 3.63) is 0 Å². The Kier molecular flexibility index (Phi) is 1.30. The minimum absolute atomic E-state index is 0.0220. The smallest absolute Gasteiger partial charge is 0.434 e. The van der Waals surface area contributed by atoms with E-state index in [1.165, 1.54) is 0 Å². The molecule has 0 unspecified atom stereocenters. The van der Waals surface area contributed by atoms with Crippen molar-refractivity contribution in [2.45, 2.75) is 12.4 Å². The molecule has 0 atom stereocenters. The van der Waals surface area contributed by atoms with Crippen LogP contribution in [0.3, 0.4) is 0 Å². The van der Waals surface area contributed by atoms with Gasteiger partial charge in [-0.3, -0.25) is 0 Å². The van der Waals surface area contributed by atoms with Crippen molar-refractivity contribution >= 4 is 6.16 Å². The summed E-state index contributed by atoms with van der Waals surface area (Å²) in [4.78, 5) is 10.1. The highest BCUT2D eigenvalue weighted by Gasteiger charge is 2.33. The lowest BCUT2D eigenvalue weighted by atomic mass is 10.4. The quantitative estimate of drug-likeness (QED) is 0.334. The second-order valence-corrected chi connectivity index (χ2v) is 1.69. The van der Waals surface area contributed by atoms with Crippen LogP contribution in [0.15, 0.2) is 0 Å². The number of aliphatic hydroxyl groups is 2. The summed E-state index contributed by atoms with van der Waals surface area (Å²) >= 11 is 0. The lowest BCUT2D eigenvalue weighted by molar-refractivity contribution is -0.334. The predicted molar refractivity (Wildman–Crippen MR) is 24.2 cm³/mol. The van der Waals surface area contributed by atoms with Crippen LogP contribution in [0.4, 0.5) is 4.79 Å². The van der Waals surface area contributed by atoms with Crippen LogP contribution in [0, 0.1) is 0 Å². The Balaban J connectivity index is 2.51. The fourth-order valence-corrected chi connectivity index (χ4v) is 0.481. The summed E-state index contributed by atoms with van der Waals surface area (Å²) < 4.78 is 8.16. The van der Waals surface area contributed by atoms with E-state index in [0.29, 0.717) is 0 Å². The summed E-state index contributed by atoms with van der Waals surface area (Å²) in [5.41, 5.74) is 0. The third kappa shape index (κ3) is 1.55. The average Bonchev–Trinajstić information content (AvgIpc) is 1.60. The molecule has 0 aromatic carbocycles. The number of rotatable bonds is 0. The Morgan fingerprint density at radius 3 is 2.56 bits per heavy atom. The summed E-state index contributed by atoms with van der Waals surface area (Å²) in [6, 6.07) is 0. The van der Waals surface area contributed by atoms with Crippen molar-refractivity contribution in [1.29, 1.82) is 0 Å². The van der Waals surface area contributed by atoms with Crippen LogP contribution in [0.5, 0.6) is 0 Å². The van der Waals surface area contributed by atoms with Gasteiger partial charge in [-0.25, -0.2) is 4.79 Å². The van der Waals surface area contributed by atoms with E-state index in [0.717, 1.165) is 0 Å². The van der Waals surface area contributed by atoms with Gasteiger partial charge in [0.05, 0.1) is 6.42 Å². The van der Waals surface area contributed by atoms with Crippen LogP contribution < -0.4 is 0 Å². The molecular formula is C4H6O5. The molecule has 1 rings (SSSR count). The molecule has 0 spiro atoms. The number of hydrogen-bond acceptors (Lipinski definition) is 5. The molecule has 0 aromatic heterocycles.